The Balaban J connectivity index is 2.21. The van der Waals surface area contributed by atoms with Crippen LogP contribution in [0.3, 0.4) is 0 Å². The van der Waals surface area contributed by atoms with Crippen LogP contribution in [0.5, 0.6) is 0 Å². The van der Waals surface area contributed by atoms with E-state index in [1.807, 2.05) is 0 Å². The number of carbonyl (C=O) groups is 2. The SMILES string of the molecule is Cc1c(C(F)(F)F)nnc2c1C(=O)N(c1cccc(S(C)(=O)=NC(=O)CN)c1)CCC(F)(F)CCCN2. The van der Waals surface area contributed by atoms with Crippen molar-refractivity contribution in [2.24, 2.45) is 10.1 Å². The summed E-state index contributed by atoms with van der Waals surface area (Å²) >= 11 is 0. The van der Waals surface area contributed by atoms with E-state index in [9.17, 15) is 35.8 Å². The predicted molar refractivity (Wildman–Crippen MR) is 126 cm³/mol. The lowest BCUT2D eigenvalue weighted by Gasteiger charge is -2.27. The molecular weight excluding hydrogens is 523 g/mol. The molecule has 1 unspecified atom stereocenters. The van der Waals surface area contributed by atoms with Crippen LogP contribution in [-0.4, -0.2) is 58.0 Å². The maximum Gasteiger partial charge on any atom is 0.435 e. The average Bonchev–Trinajstić information content (AvgIpc) is 2.82. The van der Waals surface area contributed by atoms with Gasteiger partial charge >= 0.3 is 6.18 Å². The first kappa shape index (κ1) is 28.4. The lowest BCUT2D eigenvalue weighted by atomic mass is 10.1. The van der Waals surface area contributed by atoms with Crippen molar-refractivity contribution < 1.29 is 35.8 Å². The number of benzene rings is 1. The molecule has 202 valence electrons. The molecule has 0 fully saturated rings. The maximum atomic E-state index is 14.5. The molecule has 1 aliphatic heterocycles. The fraction of sp³-hybridized carbons (Fsp3) is 0.455. The lowest BCUT2D eigenvalue weighted by Crippen LogP contribution is -2.36. The second-order valence-corrected chi connectivity index (χ2v) is 10.7. The summed E-state index contributed by atoms with van der Waals surface area (Å²) in [6.45, 7) is -0.0776. The summed E-state index contributed by atoms with van der Waals surface area (Å²) < 4.78 is 86.3. The predicted octanol–water partition coefficient (Wildman–Crippen LogP) is 3.62. The van der Waals surface area contributed by atoms with Crippen LogP contribution in [0.1, 0.15) is 40.9 Å². The molecule has 9 nitrogen and oxygen atoms in total. The third kappa shape index (κ3) is 6.57. The Morgan fingerprint density at radius 1 is 1.27 bits per heavy atom. The number of amides is 2. The summed E-state index contributed by atoms with van der Waals surface area (Å²) in [5.41, 5.74) is 2.82. The zero-order chi connectivity index (χ0) is 27.6. The molecule has 1 atom stereocenters. The Kier molecular flexibility index (Phi) is 8.17. The highest BCUT2D eigenvalue weighted by Crippen LogP contribution is 2.35. The highest BCUT2D eigenvalue weighted by atomic mass is 32.2. The van der Waals surface area contributed by atoms with Crippen LogP contribution in [0.4, 0.5) is 33.5 Å². The van der Waals surface area contributed by atoms with Crippen LogP contribution in [0, 0.1) is 6.92 Å². The van der Waals surface area contributed by atoms with E-state index in [0.29, 0.717) is 0 Å². The number of alkyl halides is 5. The summed E-state index contributed by atoms with van der Waals surface area (Å²) in [6, 6.07) is 5.29. The Morgan fingerprint density at radius 2 is 1.97 bits per heavy atom. The molecule has 1 aliphatic rings. The minimum absolute atomic E-state index is 0.000388. The molecule has 0 saturated heterocycles. The molecule has 3 rings (SSSR count). The van der Waals surface area contributed by atoms with Gasteiger partial charge in [0.15, 0.2) is 11.5 Å². The largest absolute Gasteiger partial charge is 0.435 e. The van der Waals surface area contributed by atoms with Gasteiger partial charge in [-0.3, -0.25) is 9.59 Å². The van der Waals surface area contributed by atoms with Crippen molar-refractivity contribution in [3.8, 4) is 0 Å². The molecule has 0 saturated carbocycles. The fourth-order valence-electron chi connectivity index (χ4n) is 3.78. The van der Waals surface area contributed by atoms with Crippen molar-refractivity contribution >= 4 is 33.0 Å². The van der Waals surface area contributed by atoms with Gasteiger partial charge in [-0.05, 0) is 37.1 Å². The molecule has 2 heterocycles. The van der Waals surface area contributed by atoms with Crippen LogP contribution < -0.4 is 16.0 Å². The van der Waals surface area contributed by atoms with Gasteiger partial charge in [0, 0.05) is 42.8 Å². The molecule has 0 aliphatic carbocycles. The average molecular weight is 549 g/mol. The number of rotatable bonds is 3. The van der Waals surface area contributed by atoms with Gasteiger partial charge in [0.25, 0.3) is 11.8 Å². The first-order valence-corrected chi connectivity index (χ1v) is 13.0. The smallest absolute Gasteiger partial charge is 0.368 e. The molecule has 0 bridgehead atoms. The van der Waals surface area contributed by atoms with Gasteiger partial charge in [0.2, 0.25) is 5.92 Å². The molecule has 1 aromatic carbocycles. The number of fused-ring (bicyclic) bond motifs is 1. The van der Waals surface area contributed by atoms with Crippen molar-refractivity contribution in [3.05, 3.63) is 41.1 Å². The minimum Gasteiger partial charge on any atom is -0.368 e. The Hall–Kier alpha value is -3.20. The molecular formula is C22H25F5N6O3S. The van der Waals surface area contributed by atoms with Crippen LogP contribution in [-0.2, 0) is 20.7 Å². The van der Waals surface area contributed by atoms with Crippen molar-refractivity contribution in [1.29, 1.82) is 0 Å². The Bertz CT molecular complexity index is 1320. The summed E-state index contributed by atoms with van der Waals surface area (Å²) in [5, 5.41) is 9.40. The van der Waals surface area contributed by atoms with Gasteiger partial charge in [0.1, 0.15) is 0 Å². The van der Waals surface area contributed by atoms with E-state index < -0.39 is 76.4 Å². The van der Waals surface area contributed by atoms with E-state index in [2.05, 4.69) is 19.9 Å². The third-order valence-electron chi connectivity index (χ3n) is 5.67. The van der Waals surface area contributed by atoms with E-state index in [1.165, 1.54) is 24.3 Å². The van der Waals surface area contributed by atoms with Crippen LogP contribution in [0.15, 0.2) is 33.5 Å². The normalized spacial score (nSPS) is 18.2. The standard InChI is InChI=1S/C22H25F5N6O3S/c1-13-17-19(31-30-18(13)22(25,26)27)29-9-4-7-21(23,24)8-10-33(20(17)35)14-5-3-6-15(11-14)37(2,36)32-16(34)12-28/h3,5-6,11H,4,7-10,12,28H2,1-2H3,(H,29,31). The lowest BCUT2D eigenvalue weighted by molar-refractivity contribution is -0.142. The van der Waals surface area contributed by atoms with Gasteiger partial charge in [0.05, 0.1) is 21.8 Å². The number of halogens is 5. The molecule has 2 amide bonds. The number of anilines is 2. The van der Waals surface area contributed by atoms with Gasteiger partial charge in [-0.25, -0.2) is 13.0 Å². The van der Waals surface area contributed by atoms with Crippen molar-refractivity contribution in [1.82, 2.24) is 10.2 Å². The number of nitrogens with one attached hydrogen (secondary N) is 1. The van der Waals surface area contributed by atoms with Crippen molar-refractivity contribution in [2.45, 2.75) is 43.2 Å². The first-order valence-electron chi connectivity index (χ1n) is 11.1. The van der Waals surface area contributed by atoms with Crippen molar-refractivity contribution in [2.75, 3.05) is 36.1 Å². The third-order valence-corrected chi connectivity index (χ3v) is 7.36. The van der Waals surface area contributed by atoms with Gasteiger partial charge in [-0.2, -0.15) is 17.5 Å². The highest BCUT2D eigenvalue weighted by Gasteiger charge is 2.39. The highest BCUT2D eigenvalue weighted by molar-refractivity contribution is 7.93. The Morgan fingerprint density at radius 3 is 2.62 bits per heavy atom. The van der Waals surface area contributed by atoms with Gasteiger partial charge in [-0.15, -0.1) is 10.2 Å². The topological polar surface area (TPSA) is 131 Å². The van der Waals surface area contributed by atoms with E-state index >= 15 is 0 Å². The van der Waals surface area contributed by atoms with Crippen LogP contribution in [0.25, 0.3) is 0 Å². The second kappa shape index (κ2) is 10.7. The minimum atomic E-state index is -4.92. The molecule has 37 heavy (non-hydrogen) atoms. The maximum absolute atomic E-state index is 14.5. The molecule has 3 N–H and O–H groups in total. The summed E-state index contributed by atoms with van der Waals surface area (Å²) in [5.74, 6) is -5.32. The molecule has 0 radical (unpaired) electrons. The number of nitrogens with zero attached hydrogens (tertiary/aromatic N) is 4. The number of hydrogen-bond donors (Lipinski definition) is 2. The summed E-state index contributed by atoms with van der Waals surface area (Å²) in [4.78, 5) is 26.2. The number of nitrogens with two attached hydrogens (primary N) is 1. The Labute approximate surface area is 209 Å². The van der Waals surface area contributed by atoms with E-state index in [0.717, 1.165) is 18.1 Å². The fourth-order valence-corrected chi connectivity index (χ4v) is 5.02. The van der Waals surface area contributed by atoms with E-state index in [-0.39, 0.29) is 29.4 Å². The van der Waals surface area contributed by atoms with Crippen LogP contribution >= 0.6 is 0 Å². The number of carbonyl (C=O) groups excluding carboxylic acids is 2. The zero-order valence-electron chi connectivity index (χ0n) is 19.9. The number of hydrogen-bond acceptors (Lipinski definition) is 7. The summed E-state index contributed by atoms with van der Waals surface area (Å²) in [6.07, 6.45) is -5.10. The van der Waals surface area contributed by atoms with Gasteiger partial charge in [-0.1, -0.05) is 6.07 Å². The zero-order valence-corrected chi connectivity index (χ0v) is 20.8. The van der Waals surface area contributed by atoms with Gasteiger partial charge < -0.3 is 16.0 Å². The number of aromatic nitrogens is 2. The molecule has 2 aromatic rings. The van der Waals surface area contributed by atoms with E-state index in [4.69, 9.17) is 5.73 Å². The molecule has 1 aromatic heterocycles. The van der Waals surface area contributed by atoms with E-state index in [1.54, 1.807) is 0 Å². The second-order valence-electron chi connectivity index (χ2n) is 8.48. The molecule has 0 spiro atoms. The molecule has 15 heteroatoms. The van der Waals surface area contributed by atoms with Crippen LogP contribution in [0.2, 0.25) is 0 Å². The van der Waals surface area contributed by atoms with Crippen molar-refractivity contribution in [3.63, 3.8) is 0 Å². The first-order chi connectivity index (χ1) is 17.2. The quantitative estimate of drug-likeness (QED) is 0.560. The monoisotopic (exact) mass is 548 g/mol. The summed E-state index contributed by atoms with van der Waals surface area (Å²) in [7, 11) is -3.33.